The highest BCUT2D eigenvalue weighted by Crippen LogP contribution is 2.38. The standard InChI is InChI=1S/C60H110N2O21/c1-4-6-8-10-12-14-16-18-19-20-21-22-23-25-27-29-31-33-42(67)41(62-47(70)34-32-30-28-26-24-17-15-13-11-9-7-5-2)39-78-57-52(74)51(73)54(46(38-65)80-57)81-58-53(75)56(50(72)45(37-64)79-58)83-60(59(76)77)35-43(68)48(61-40(3)66)55(82-60)49(71)44(69)36-63/h31,33,41-46,48-58,63-65,67-69,71-75H,4-30,32,34-39H2,1-3H3,(H,61,66)(H,62,70)(H,76,77)/b33-31+. The molecule has 3 aliphatic rings. The molecular formula is C60H110N2O21. The van der Waals surface area contributed by atoms with Crippen molar-refractivity contribution in [3.8, 4) is 0 Å². The van der Waals surface area contributed by atoms with E-state index in [2.05, 4.69) is 24.5 Å². The monoisotopic (exact) mass is 1190 g/mol. The van der Waals surface area contributed by atoms with E-state index >= 15 is 0 Å². The molecule has 0 radical (unpaired) electrons. The number of ether oxygens (including phenoxy) is 6. The molecule has 18 unspecified atom stereocenters. The normalized spacial score (nSPS) is 30.0. The van der Waals surface area contributed by atoms with Crippen LogP contribution < -0.4 is 10.6 Å². The van der Waals surface area contributed by atoms with Crippen LogP contribution in [0.2, 0.25) is 0 Å². The summed E-state index contributed by atoms with van der Waals surface area (Å²) in [6.07, 6.45) is 7.02. The minimum absolute atomic E-state index is 0.204. The highest BCUT2D eigenvalue weighted by Gasteiger charge is 2.60. The topological polar surface area (TPSA) is 373 Å². The van der Waals surface area contributed by atoms with Gasteiger partial charge in [-0.1, -0.05) is 187 Å². The molecule has 3 aliphatic heterocycles. The third-order valence-electron chi connectivity index (χ3n) is 16.2. The van der Waals surface area contributed by atoms with Crippen molar-refractivity contribution in [3.05, 3.63) is 12.2 Å². The molecule has 0 spiro atoms. The van der Waals surface area contributed by atoms with Gasteiger partial charge < -0.3 is 100 Å². The molecule has 23 heteroatoms. The molecule has 0 bridgehead atoms. The molecule has 0 aromatic carbocycles. The fourth-order valence-corrected chi connectivity index (χ4v) is 11.1. The van der Waals surface area contributed by atoms with Crippen molar-refractivity contribution < 1.29 is 104 Å². The number of rotatable bonds is 46. The van der Waals surface area contributed by atoms with E-state index in [1.54, 1.807) is 6.08 Å². The fourth-order valence-electron chi connectivity index (χ4n) is 11.1. The van der Waals surface area contributed by atoms with Gasteiger partial charge in [0.15, 0.2) is 12.6 Å². The number of hydrogen-bond donors (Lipinski definition) is 14. The number of nitrogens with one attached hydrogen (secondary N) is 2. The Labute approximate surface area is 492 Å². The van der Waals surface area contributed by atoms with Gasteiger partial charge >= 0.3 is 5.97 Å². The predicted molar refractivity (Wildman–Crippen MR) is 306 cm³/mol. The number of aliphatic hydroxyl groups is 11. The maximum Gasteiger partial charge on any atom is 0.364 e. The summed E-state index contributed by atoms with van der Waals surface area (Å²) < 4.78 is 34.7. The molecule has 3 rings (SSSR count). The number of hydrogen-bond acceptors (Lipinski definition) is 20. The van der Waals surface area contributed by atoms with E-state index in [9.17, 15) is 75.7 Å². The van der Waals surface area contributed by atoms with Gasteiger partial charge in [0, 0.05) is 19.8 Å². The lowest BCUT2D eigenvalue weighted by Crippen LogP contribution is -2.70. The number of aliphatic hydroxyl groups excluding tert-OH is 11. The van der Waals surface area contributed by atoms with Crippen LogP contribution >= 0.6 is 0 Å². The Morgan fingerprint density at radius 3 is 1.60 bits per heavy atom. The first-order valence-electron chi connectivity index (χ1n) is 31.6. The molecule has 0 saturated carbocycles. The van der Waals surface area contributed by atoms with Gasteiger partial charge in [0.05, 0.1) is 50.7 Å². The Hall–Kier alpha value is -2.53. The van der Waals surface area contributed by atoms with Crippen LogP contribution in [0.3, 0.4) is 0 Å². The Balaban J connectivity index is 1.66. The van der Waals surface area contributed by atoms with Gasteiger partial charge in [0.2, 0.25) is 11.8 Å². The maximum atomic E-state index is 13.4. The van der Waals surface area contributed by atoms with E-state index in [1.807, 2.05) is 6.08 Å². The van der Waals surface area contributed by atoms with Crippen molar-refractivity contribution in [2.24, 2.45) is 0 Å². The van der Waals surface area contributed by atoms with Crippen molar-refractivity contribution in [1.29, 1.82) is 0 Å². The highest BCUT2D eigenvalue weighted by molar-refractivity contribution is 5.77. The zero-order chi connectivity index (χ0) is 61.2. The molecule has 0 aliphatic carbocycles. The van der Waals surface area contributed by atoms with Crippen molar-refractivity contribution >= 4 is 17.8 Å². The molecular weight excluding hydrogens is 1080 g/mol. The average molecular weight is 1200 g/mol. The average Bonchev–Trinajstić information content (AvgIpc) is 3.65. The summed E-state index contributed by atoms with van der Waals surface area (Å²) in [6.45, 7) is 2.11. The summed E-state index contributed by atoms with van der Waals surface area (Å²) in [4.78, 5) is 38.4. The number of aliphatic carboxylic acids is 1. The maximum absolute atomic E-state index is 13.4. The molecule has 3 saturated heterocycles. The van der Waals surface area contributed by atoms with E-state index < -0.39 is 155 Å². The van der Waals surface area contributed by atoms with E-state index in [1.165, 1.54) is 122 Å². The number of amides is 2. The summed E-state index contributed by atoms with van der Waals surface area (Å²) in [7, 11) is 0. The van der Waals surface area contributed by atoms with Crippen LogP contribution in [0.1, 0.15) is 213 Å². The molecule has 0 aromatic rings. The van der Waals surface area contributed by atoms with Gasteiger partial charge in [-0.25, -0.2) is 4.79 Å². The van der Waals surface area contributed by atoms with E-state index in [4.69, 9.17) is 28.4 Å². The SMILES string of the molecule is CCCCCCCCCCCCCCCCC/C=C/C(O)C(COC1OC(CO)C(OC2OC(CO)C(O)C(OC3(C(=O)O)CC(O)C(NC(C)=O)C(C(O)C(O)CO)O3)C2O)C(O)C1O)NC(=O)CCCCCCCCCCCCCC. The summed E-state index contributed by atoms with van der Waals surface area (Å²) in [5.41, 5.74) is 0. The third kappa shape index (κ3) is 26.4. The summed E-state index contributed by atoms with van der Waals surface area (Å²) >= 11 is 0. The predicted octanol–water partition coefficient (Wildman–Crippen LogP) is 3.56. The van der Waals surface area contributed by atoms with Gasteiger partial charge in [-0.2, -0.15) is 0 Å². The molecule has 83 heavy (non-hydrogen) atoms. The lowest BCUT2D eigenvalue weighted by atomic mass is 9.88. The Morgan fingerprint density at radius 1 is 0.627 bits per heavy atom. The number of allylic oxidation sites excluding steroid dienone is 1. The molecule has 23 nitrogen and oxygen atoms in total. The largest absolute Gasteiger partial charge is 0.477 e. The smallest absolute Gasteiger partial charge is 0.364 e. The van der Waals surface area contributed by atoms with E-state index in [-0.39, 0.29) is 12.3 Å². The van der Waals surface area contributed by atoms with Crippen LogP contribution in [-0.2, 0) is 42.8 Å². The molecule has 0 aromatic heterocycles. The highest BCUT2D eigenvalue weighted by atomic mass is 16.8. The Kier molecular flexibility index (Phi) is 38.1. The second kappa shape index (κ2) is 42.4. The summed E-state index contributed by atoms with van der Waals surface area (Å²) in [5.74, 6) is -6.14. The van der Waals surface area contributed by atoms with Gasteiger partial charge in [-0.15, -0.1) is 0 Å². The lowest BCUT2D eigenvalue weighted by Gasteiger charge is -2.50. The van der Waals surface area contributed by atoms with Crippen molar-refractivity contribution in [2.75, 3.05) is 26.4 Å². The van der Waals surface area contributed by atoms with Crippen LogP contribution in [-0.4, -0.2) is 215 Å². The van der Waals surface area contributed by atoms with Crippen molar-refractivity contribution in [1.82, 2.24) is 10.6 Å². The first-order valence-corrected chi connectivity index (χ1v) is 31.6. The van der Waals surface area contributed by atoms with Crippen molar-refractivity contribution in [2.45, 2.75) is 323 Å². The van der Waals surface area contributed by atoms with Crippen LogP contribution in [0, 0.1) is 0 Å². The number of carbonyl (C=O) groups excluding carboxylic acids is 2. The Morgan fingerprint density at radius 2 is 1.12 bits per heavy atom. The summed E-state index contributed by atoms with van der Waals surface area (Å²) in [5, 5.41) is 135. The second-order valence-corrected chi connectivity index (χ2v) is 23.3. The van der Waals surface area contributed by atoms with Crippen molar-refractivity contribution in [3.63, 3.8) is 0 Å². The quantitative estimate of drug-likeness (QED) is 0.0306. The molecule has 18 atom stereocenters. The minimum atomic E-state index is -3.08. The van der Waals surface area contributed by atoms with Gasteiger partial charge in [-0.05, 0) is 19.3 Å². The lowest BCUT2D eigenvalue weighted by molar-refractivity contribution is -0.386. The second-order valence-electron chi connectivity index (χ2n) is 23.3. The number of carboxylic acid groups (broad SMARTS) is 1. The van der Waals surface area contributed by atoms with Crippen LogP contribution in [0.5, 0.6) is 0 Å². The summed E-state index contributed by atoms with van der Waals surface area (Å²) in [6, 6.07) is -2.61. The first kappa shape index (κ1) is 74.7. The van der Waals surface area contributed by atoms with Gasteiger partial charge in [0.25, 0.3) is 5.79 Å². The zero-order valence-corrected chi connectivity index (χ0v) is 50.1. The van der Waals surface area contributed by atoms with Crippen LogP contribution in [0.15, 0.2) is 12.2 Å². The van der Waals surface area contributed by atoms with E-state index in [0.29, 0.717) is 12.8 Å². The molecule has 486 valence electrons. The zero-order valence-electron chi connectivity index (χ0n) is 50.1. The first-order chi connectivity index (χ1) is 39.9. The fraction of sp³-hybridized carbons (Fsp3) is 0.917. The number of carbonyl (C=O) groups is 3. The Bertz CT molecular complexity index is 1750. The van der Waals surface area contributed by atoms with E-state index in [0.717, 1.165) is 51.9 Å². The number of carboxylic acids is 1. The third-order valence-corrected chi connectivity index (χ3v) is 16.2. The molecule has 3 heterocycles. The van der Waals surface area contributed by atoms with Crippen LogP contribution in [0.25, 0.3) is 0 Å². The van der Waals surface area contributed by atoms with Crippen LogP contribution in [0.4, 0.5) is 0 Å². The minimum Gasteiger partial charge on any atom is -0.477 e. The van der Waals surface area contributed by atoms with Gasteiger partial charge in [0.1, 0.15) is 67.1 Å². The molecule has 3 fully saturated rings. The molecule has 14 N–H and O–H groups in total. The number of unbranched alkanes of at least 4 members (excludes halogenated alkanes) is 26. The molecule has 2 amide bonds. The van der Waals surface area contributed by atoms with Gasteiger partial charge in [-0.3, -0.25) is 9.59 Å².